The molecule has 2 aromatic rings. The van der Waals surface area contributed by atoms with Crippen molar-refractivity contribution in [3.63, 3.8) is 0 Å². The molecule has 0 unspecified atom stereocenters. The van der Waals surface area contributed by atoms with Gasteiger partial charge in [-0.1, -0.05) is 15.9 Å². The van der Waals surface area contributed by atoms with Crippen molar-refractivity contribution in [1.82, 2.24) is 4.90 Å². The van der Waals surface area contributed by atoms with Crippen molar-refractivity contribution < 1.29 is 4.42 Å². The smallest absolute Gasteiger partial charge is 0.336 e. The maximum atomic E-state index is 11.6. The second kappa shape index (κ2) is 6.32. The molecule has 0 radical (unpaired) electrons. The molecule has 0 amide bonds. The van der Waals surface area contributed by atoms with Crippen LogP contribution in [0.2, 0.25) is 0 Å². The van der Waals surface area contributed by atoms with Gasteiger partial charge < -0.3 is 15.1 Å². The Morgan fingerprint density at radius 3 is 2.89 bits per heavy atom. The summed E-state index contributed by atoms with van der Waals surface area (Å²) in [5.74, 6) is 0. The molecule has 0 spiro atoms. The second-order valence-electron chi connectivity index (χ2n) is 4.61. The molecule has 2 N–H and O–H groups in total. The number of nitrogens with zero attached hydrogens (tertiary/aromatic N) is 1. The van der Waals surface area contributed by atoms with Crippen molar-refractivity contribution in [3.05, 3.63) is 44.7 Å². The number of benzene rings is 1. The maximum Gasteiger partial charge on any atom is 0.336 e. The lowest BCUT2D eigenvalue weighted by atomic mass is 10.1. The van der Waals surface area contributed by atoms with Crippen LogP contribution in [0.5, 0.6) is 0 Å². The predicted octanol–water partition coefficient (Wildman–Crippen LogP) is 2.34. The van der Waals surface area contributed by atoms with Gasteiger partial charge in [-0.15, -0.1) is 0 Å². The van der Waals surface area contributed by atoms with Crippen LogP contribution in [0.1, 0.15) is 12.0 Å². The lowest BCUT2D eigenvalue weighted by Gasteiger charge is -2.16. The lowest BCUT2D eigenvalue weighted by Crippen LogP contribution is -2.22. The highest BCUT2D eigenvalue weighted by Gasteiger charge is 2.08. The summed E-state index contributed by atoms with van der Waals surface area (Å²) in [6.45, 7) is 2.30. The Morgan fingerprint density at radius 1 is 1.37 bits per heavy atom. The average Bonchev–Trinajstić information content (AvgIpc) is 2.35. The molecule has 0 atom stereocenters. The Hall–Kier alpha value is -1.17. The van der Waals surface area contributed by atoms with Gasteiger partial charge in [-0.2, -0.15) is 0 Å². The number of fused-ring (bicyclic) bond motifs is 1. The van der Waals surface area contributed by atoms with E-state index in [2.05, 4.69) is 20.8 Å². The summed E-state index contributed by atoms with van der Waals surface area (Å²) in [5, 5.41) is 0.974. The first kappa shape index (κ1) is 14.2. The minimum atomic E-state index is -0.312. The zero-order chi connectivity index (χ0) is 13.8. The summed E-state index contributed by atoms with van der Waals surface area (Å²) in [6.07, 6.45) is 0.946. The van der Waals surface area contributed by atoms with E-state index >= 15 is 0 Å². The van der Waals surface area contributed by atoms with E-state index in [9.17, 15) is 4.79 Å². The van der Waals surface area contributed by atoms with Crippen molar-refractivity contribution in [1.29, 1.82) is 0 Å². The molecule has 1 heterocycles. The standard InChI is InChI=1S/C14H17BrN2O2/c1-17(6-2-5-16)9-10-7-14(18)19-13-8-11(15)3-4-12(10)13/h3-4,7-8H,2,5-6,9,16H2,1H3. The molecule has 4 nitrogen and oxygen atoms in total. The quantitative estimate of drug-likeness (QED) is 0.857. The summed E-state index contributed by atoms with van der Waals surface area (Å²) < 4.78 is 6.12. The SMILES string of the molecule is CN(CCCN)Cc1cc(=O)oc2cc(Br)ccc12. The minimum Gasteiger partial charge on any atom is -0.423 e. The molecule has 0 fully saturated rings. The van der Waals surface area contributed by atoms with E-state index in [4.69, 9.17) is 10.2 Å². The van der Waals surface area contributed by atoms with Crippen molar-refractivity contribution in [3.8, 4) is 0 Å². The van der Waals surface area contributed by atoms with E-state index in [1.165, 1.54) is 0 Å². The maximum absolute atomic E-state index is 11.6. The predicted molar refractivity (Wildman–Crippen MR) is 80.2 cm³/mol. The largest absolute Gasteiger partial charge is 0.423 e. The summed E-state index contributed by atoms with van der Waals surface area (Å²) in [7, 11) is 2.02. The molecule has 0 aliphatic rings. The first-order chi connectivity index (χ1) is 9.10. The number of halogens is 1. The van der Waals surface area contributed by atoms with Gasteiger partial charge in [-0.05, 0) is 50.3 Å². The topological polar surface area (TPSA) is 59.5 Å². The van der Waals surface area contributed by atoms with Crippen LogP contribution >= 0.6 is 15.9 Å². The average molecular weight is 325 g/mol. The molecule has 0 saturated heterocycles. The second-order valence-corrected chi connectivity index (χ2v) is 5.53. The Labute approximate surface area is 120 Å². The number of nitrogens with two attached hydrogens (primary N) is 1. The highest BCUT2D eigenvalue weighted by molar-refractivity contribution is 9.10. The number of rotatable bonds is 5. The Morgan fingerprint density at radius 2 is 2.16 bits per heavy atom. The molecule has 0 bridgehead atoms. The van der Waals surface area contributed by atoms with E-state index in [0.717, 1.165) is 28.4 Å². The van der Waals surface area contributed by atoms with E-state index in [-0.39, 0.29) is 5.63 Å². The van der Waals surface area contributed by atoms with Crippen LogP contribution in [-0.4, -0.2) is 25.0 Å². The van der Waals surface area contributed by atoms with E-state index < -0.39 is 0 Å². The van der Waals surface area contributed by atoms with Gasteiger partial charge in [0.05, 0.1) is 0 Å². The van der Waals surface area contributed by atoms with Crippen molar-refractivity contribution >= 4 is 26.9 Å². The Bertz CT molecular complexity index is 624. The van der Waals surface area contributed by atoms with Crippen LogP contribution in [0.25, 0.3) is 11.0 Å². The van der Waals surface area contributed by atoms with Crippen LogP contribution in [0.3, 0.4) is 0 Å². The van der Waals surface area contributed by atoms with Crippen LogP contribution in [0, 0.1) is 0 Å². The Kier molecular flexibility index (Phi) is 4.74. The van der Waals surface area contributed by atoms with E-state index in [1.54, 1.807) is 6.07 Å². The fraction of sp³-hybridized carbons (Fsp3) is 0.357. The summed E-state index contributed by atoms with van der Waals surface area (Å²) in [4.78, 5) is 13.7. The zero-order valence-corrected chi connectivity index (χ0v) is 12.4. The van der Waals surface area contributed by atoms with Gasteiger partial charge >= 0.3 is 5.63 Å². The van der Waals surface area contributed by atoms with Crippen LogP contribution in [0.4, 0.5) is 0 Å². The molecule has 2 rings (SSSR count). The fourth-order valence-electron chi connectivity index (χ4n) is 2.07. The van der Waals surface area contributed by atoms with Crippen molar-refractivity contribution in [2.24, 2.45) is 5.73 Å². The molecule has 5 heteroatoms. The van der Waals surface area contributed by atoms with Gasteiger partial charge in [0.2, 0.25) is 0 Å². The van der Waals surface area contributed by atoms with Gasteiger partial charge in [-0.3, -0.25) is 0 Å². The van der Waals surface area contributed by atoms with Gasteiger partial charge in [0.1, 0.15) is 5.58 Å². The third kappa shape index (κ3) is 3.65. The van der Waals surface area contributed by atoms with Gasteiger partial charge in [0.15, 0.2) is 0 Å². The van der Waals surface area contributed by atoms with E-state index in [0.29, 0.717) is 18.7 Å². The van der Waals surface area contributed by atoms with Crippen molar-refractivity contribution in [2.45, 2.75) is 13.0 Å². The molecule has 1 aromatic carbocycles. The summed E-state index contributed by atoms with van der Waals surface area (Å²) in [5.41, 5.74) is 6.79. The summed E-state index contributed by atoms with van der Waals surface area (Å²) >= 11 is 3.38. The fourth-order valence-corrected chi connectivity index (χ4v) is 2.41. The molecule has 1 aromatic heterocycles. The monoisotopic (exact) mass is 324 g/mol. The molecule has 102 valence electrons. The minimum absolute atomic E-state index is 0.312. The van der Waals surface area contributed by atoms with Gasteiger partial charge in [0.25, 0.3) is 0 Å². The first-order valence-corrected chi connectivity index (χ1v) is 7.00. The molecular formula is C14H17BrN2O2. The normalized spacial score (nSPS) is 11.4. The van der Waals surface area contributed by atoms with Crippen molar-refractivity contribution in [2.75, 3.05) is 20.1 Å². The summed E-state index contributed by atoms with van der Waals surface area (Å²) in [6, 6.07) is 7.30. The highest BCUT2D eigenvalue weighted by Crippen LogP contribution is 2.22. The molecule has 0 saturated carbocycles. The van der Waals surface area contributed by atoms with Gasteiger partial charge in [-0.25, -0.2) is 4.79 Å². The van der Waals surface area contributed by atoms with Gasteiger partial charge in [0, 0.05) is 22.5 Å². The van der Waals surface area contributed by atoms with E-state index in [1.807, 2.05) is 25.2 Å². The molecule has 19 heavy (non-hydrogen) atoms. The molecule has 0 aliphatic carbocycles. The Balaban J connectivity index is 2.34. The van der Waals surface area contributed by atoms with Crippen LogP contribution in [0.15, 0.2) is 37.9 Å². The number of hydrogen-bond donors (Lipinski definition) is 1. The third-order valence-corrected chi connectivity index (χ3v) is 3.47. The highest BCUT2D eigenvalue weighted by atomic mass is 79.9. The van der Waals surface area contributed by atoms with Crippen LogP contribution in [-0.2, 0) is 6.54 Å². The number of hydrogen-bond acceptors (Lipinski definition) is 4. The zero-order valence-electron chi connectivity index (χ0n) is 10.9. The molecular weight excluding hydrogens is 308 g/mol. The van der Waals surface area contributed by atoms with Crippen LogP contribution < -0.4 is 11.4 Å². The lowest BCUT2D eigenvalue weighted by molar-refractivity contribution is 0.324. The molecule has 0 aliphatic heterocycles. The first-order valence-electron chi connectivity index (χ1n) is 6.21. The third-order valence-electron chi connectivity index (χ3n) is 2.98.